The number of oxime groups is 1. The average Bonchev–Trinajstić information content (AvgIpc) is 2.61. The number of nitrogens with zero attached hydrogens (tertiary/aromatic N) is 1. The van der Waals surface area contributed by atoms with E-state index in [2.05, 4.69) is 5.16 Å². The lowest BCUT2D eigenvalue weighted by Gasteiger charge is -2.10. The van der Waals surface area contributed by atoms with E-state index < -0.39 is 5.97 Å². The van der Waals surface area contributed by atoms with Gasteiger partial charge in [-0.15, -0.1) is 0 Å². The first kappa shape index (κ1) is 18.5. The molecule has 6 heteroatoms. The number of rotatable bonds is 7. The van der Waals surface area contributed by atoms with Crippen molar-refractivity contribution in [2.75, 3.05) is 7.11 Å². The van der Waals surface area contributed by atoms with Crippen molar-refractivity contribution in [2.45, 2.75) is 13.5 Å². The Hall–Kier alpha value is -2.79. The highest BCUT2D eigenvalue weighted by molar-refractivity contribution is 6.30. The van der Waals surface area contributed by atoms with Gasteiger partial charge in [-0.25, -0.2) is 4.79 Å². The normalized spacial score (nSPS) is 12.0. The second kappa shape index (κ2) is 8.89. The minimum atomic E-state index is -1.07. The number of carbonyl (C=O) groups is 1. The van der Waals surface area contributed by atoms with E-state index in [-0.39, 0.29) is 12.2 Å². The van der Waals surface area contributed by atoms with Crippen LogP contribution in [0.2, 0.25) is 5.02 Å². The van der Waals surface area contributed by atoms with Crippen molar-refractivity contribution < 1.29 is 19.5 Å². The molecule has 0 aromatic heterocycles. The van der Waals surface area contributed by atoms with Crippen LogP contribution in [0.5, 0.6) is 0 Å². The molecule has 0 saturated heterocycles. The molecule has 0 atom stereocenters. The summed E-state index contributed by atoms with van der Waals surface area (Å²) in [5, 5.41) is 14.1. The van der Waals surface area contributed by atoms with E-state index in [9.17, 15) is 9.90 Å². The molecule has 2 rings (SSSR count). The molecule has 0 spiro atoms. The predicted octanol–water partition coefficient (Wildman–Crippen LogP) is 4.35. The van der Waals surface area contributed by atoms with Gasteiger partial charge in [-0.3, -0.25) is 0 Å². The molecule has 0 aliphatic rings. The predicted molar refractivity (Wildman–Crippen MR) is 97.5 cm³/mol. The number of benzene rings is 2. The molecule has 0 unspecified atom stereocenters. The second-order valence-corrected chi connectivity index (χ2v) is 5.60. The van der Waals surface area contributed by atoms with Gasteiger partial charge in [0.15, 0.2) is 0 Å². The maximum absolute atomic E-state index is 11.6. The number of methoxy groups -OCH3 is 1. The molecule has 0 aliphatic carbocycles. The van der Waals surface area contributed by atoms with Crippen LogP contribution in [0.3, 0.4) is 0 Å². The van der Waals surface area contributed by atoms with Gasteiger partial charge in [0, 0.05) is 16.1 Å². The molecule has 0 fully saturated rings. The summed E-state index contributed by atoms with van der Waals surface area (Å²) in [5.41, 5.74) is 2.14. The largest absolute Gasteiger partial charge is 0.500 e. The first-order valence-electron chi connectivity index (χ1n) is 7.50. The first-order chi connectivity index (χ1) is 12.0. The number of halogens is 1. The number of carboxylic acids is 1. The van der Waals surface area contributed by atoms with Gasteiger partial charge in [0.1, 0.15) is 17.9 Å². The Morgan fingerprint density at radius 1 is 1.20 bits per heavy atom. The van der Waals surface area contributed by atoms with Gasteiger partial charge in [0.2, 0.25) is 0 Å². The van der Waals surface area contributed by atoms with Crippen molar-refractivity contribution >= 4 is 29.4 Å². The topological polar surface area (TPSA) is 68.1 Å². The van der Waals surface area contributed by atoms with Crippen LogP contribution in [0, 0.1) is 0 Å². The Balaban J connectivity index is 2.17. The fraction of sp³-hybridized carbons (Fsp3) is 0.158. The van der Waals surface area contributed by atoms with Crippen molar-refractivity contribution in [3.63, 3.8) is 0 Å². The summed E-state index contributed by atoms with van der Waals surface area (Å²) in [6.45, 7) is 1.89. The minimum absolute atomic E-state index is 0.0854. The molecule has 0 heterocycles. The molecule has 1 N–H and O–H groups in total. The molecule has 25 heavy (non-hydrogen) atoms. The second-order valence-electron chi connectivity index (χ2n) is 5.16. The van der Waals surface area contributed by atoms with Crippen molar-refractivity contribution in [1.82, 2.24) is 0 Å². The van der Waals surface area contributed by atoms with E-state index in [1.165, 1.54) is 13.3 Å². The summed E-state index contributed by atoms with van der Waals surface area (Å²) >= 11 is 5.83. The monoisotopic (exact) mass is 359 g/mol. The third-order valence-electron chi connectivity index (χ3n) is 3.51. The minimum Gasteiger partial charge on any atom is -0.500 e. The lowest BCUT2D eigenvalue weighted by Crippen LogP contribution is -2.06. The van der Waals surface area contributed by atoms with Gasteiger partial charge in [-0.1, -0.05) is 53.2 Å². The molecular weight excluding hydrogens is 342 g/mol. The van der Waals surface area contributed by atoms with Crippen LogP contribution in [0.4, 0.5) is 0 Å². The van der Waals surface area contributed by atoms with Gasteiger partial charge in [-0.05, 0) is 24.6 Å². The Morgan fingerprint density at radius 2 is 1.88 bits per heavy atom. The van der Waals surface area contributed by atoms with E-state index in [0.29, 0.717) is 21.9 Å². The number of hydrogen-bond acceptors (Lipinski definition) is 4. The standard InChI is InChI=1S/C19H18ClNO4/c1-13(24-2)18(19(22)23)17-6-4-3-5-15(17)11-21-25-12-14-7-9-16(20)10-8-14/h3-11H,12H2,1-2H3,(H,22,23). The number of carboxylic acid groups (broad SMARTS) is 1. The van der Waals surface area contributed by atoms with Crippen LogP contribution >= 0.6 is 11.6 Å². The van der Waals surface area contributed by atoms with Crippen LogP contribution in [0.25, 0.3) is 5.57 Å². The van der Waals surface area contributed by atoms with E-state index in [0.717, 1.165) is 5.56 Å². The van der Waals surface area contributed by atoms with Crippen molar-refractivity contribution in [3.05, 3.63) is 76.0 Å². The summed E-state index contributed by atoms with van der Waals surface area (Å²) < 4.78 is 5.09. The third-order valence-corrected chi connectivity index (χ3v) is 3.77. The average molecular weight is 360 g/mol. The van der Waals surface area contributed by atoms with E-state index in [4.69, 9.17) is 21.2 Å². The maximum atomic E-state index is 11.6. The smallest absolute Gasteiger partial charge is 0.339 e. The zero-order valence-corrected chi connectivity index (χ0v) is 14.7. The van der Waals surface area contributed by atoms with E-state index >= 15 is 0 Å². The molecule has 2 aromatic rings. The summed E-state index contributed by atoms with van der Waals surface area (Å²) in [4.78, 5) is 16.8. The maximum Gasteiger partial charge on any atom is 0.339 e. The lowest BCUT2D eigenvalue weighted by atomic mass is 9.99. The van der Waals surface area contributed by atoms with Crippen LogP contribution in [-0.2, 0) is 21.0 Å². The Bertz CT molecular complexity index is 797. The van der Waals surface area contributed by atoms with Crippen LogP contribution < -0.4 is 0 Å². The molecule has 0 bridgehead atoms. The summed E-state index contributed by atoms with van der Waals surface area (Å²) in [6, 6.07) is 14.3. The van der Waals surface area contributed by atoms with E-state index in [1.54, 1.807) is 43.3 Å². The van der Waals surface area contributed by atoms with Gasteiger partial charge in [0.25, 0.3) is 0 Å². The molecule has 0 radical (unpaired) electrons. The molecule has 130 valence electrons. The Labute approximate surface area is 151 Å². The number of allylic oxidation sites excluding steroid dienone is 1. The van der Waals surface area contributed by atoms with Crippen molar-refractivity contribution in [3.8, 4) is 0 Å². The molecule has 0 amide bonds. The first-order valence-corrected chi connectivity index (χ1v) is 7.88. The van der Waals surface area contributed by atoms with Crippen LogP contribution in [-0.4, -0.2) is 24.4 Å². The SMILES string of the molecule is COC(C)=C(C(=O)O)c1ccccc1C=NOCc1ccc(Cl)cc1. The molecule has 0 aliphatic heterocycles. The van der Waals surface area contributed by atoms with E-state index in [1.807, 2.05) is 12.1 Å². The number of ether oxygens (including phenoxy) is 1. The van der Waals surface area contributed by atoms with Crippen LogP contribution in [0.1, 0.15) is 23.6 Å². The third kappa shape index (κ3) is 5.09. The Kier molecular flexibility index (Phi) is 6.60. The number of aliphatic carboxylic acids is 1. The highest BCUT2D eigenvalue weighted by Crippen LogP contribution is 2.22. The fourth-order valence-electron chi connectivity index (χ4n) is 2.18. The quantitative estimate of drug-likeness (QED) is 0.345. The Morgan fingerprint density at radius 3 is 2.52 bits per heavy atom. The molecule has 0 saturated carbocycles. The zero-order chi connectivity index (χ0) is 18.2. The summed E-state index contributed by atoms with van der Waals surface area (Å²) in [7, 11) is 1.43. The zero-order valence-electron chi connectivity index (χ0n) is 13.9. The molecule has 5 nitrogen and oxygen atoms in total. The fourth-order valence-corrected chi connectivity index (χ4v) is 2.31. The van der Waals surface area contributed by atoms with Gasteiger partial charge < -0.3 is 14.7 Å². The summed E-state index contributed by atoms with van der Waals surface area (Å²) in [5.74, 6) is -0.752. The lowest BCUT2D eigenvalue weighted by molar-refractivity contribution is -0.130. The van der Waals surface area contributed by atoms with Crippen molar-refractivity contribution in [1.29, 1.82) is 0 Å². The number of hydrogen-bond donors (Lipinski definition) is 1. The summed E-state index contributed by atoms with van der Waals surface area (Å²) in [6.07, 6.45) is 1.48. The molecular formula is C19H18ClNO4. The van der Waals surface area contributed by atoms with Crippen LogP contribution in [0.15, 0.2) is 59.4 Å². The highest BCUT2D eigenvalue weighted by Gasteiger charge is 2.17. The van der Waals surface area contributed by atoms with Gasteiger partial charge in [-0.2, -0.15) is 0 Å². The van der Waals surface area contributed by atoms with Gasteiger partial charge in [0.05, 0.1) is 13.3 Å². The van der Waals surface area contributed by atoms with Gasteiger partial charge >= 0.3 is 5.97 Å². The van der Waals surface area contributed by atoms with Crippen molar-refractivity contribution in [2.24, 2.45) is 5.16 Å². The molecule has 2 aromatic carbocycles. The highest BCUT2D eigenvalue weighted by atomic mass is 35.5.